The number of rotatable bonds is 10. The number of para-hydroxylation sites is 1. The monoisotopic (exact) mass is 379 g/mol. The van der Waals surface area contributed by atoms with Crippen LogP contribution in [-0.2, 0) is 6.54 Å². The summed E-state index contributed by atoms with van der Waals surface area (Å²) in [7, 11) is 1.67. The van der Waals surface area contributed by atoms with Crippen LogP contribution < -0.4 is 4.74 Å². The number of hydrogen-bond donors (Lipinski definition) is 0. The van der Waals surface area contributed by atoms with E-state index >= 15 is 0 Å². The van der Waals surface area contributed by atoms with Crippen molar-refractivity contribution in [1.82, 2.24) is 15.0 Å². The van der Waals surface area contributed by atoms with E-state index in [0.717, 1.165) is 49.2 Å². The van der Waals surface area contributed by atoms with Gasteiger partial charge in [0.25, 0.3) is 0 Å². The maximum atomic E-state index is 5.41. The molecule has 0 aliphatic heterocycles. The largest absolute Gasteiger partial charge is 0.496 e. The van der Waals surface area contributed by atoms with Crippen LogP contribution in [0.5, 0.6) is 5.75 Å². The van der Waals surface area contributed by atoms with Crippen LogP contribution in [0.3, 0.4) is 0 Å². The number of allylic oxidation sites excluding steroid dienone is 6. The van der Waals surface area contributed by atoms with E-state index in [1.165, 1.54) is 16.7 Å². The lowest BCUT2D eigenvalue weighted by Crippen LogP contribution is -1.96. The Hall–Kier alpha value is -2.62. The first-order valence-corrected chi connectivity index (χ1v) is 9.97. The Balaban J connectivity index is 1.85. The predicted octanol–water partition coefficient (Wildman–Crippen LogP) is 6.37. The fourth-order valence-electron chi connectivity index (χ4n) is 2.96. The Morgan fingerprint density at radius 3 is 2.36 bits per heavy atom. The zero-order valence-electron chi connectivity index (χ0n) is 17.9. The highest BCUT2D eigenvalue weighted by Gasteiger charge is 2.08. The molecule has 2 aromatic rings. The normalized spacial score (nSPS) is 12.2. The van der Waals surface area contributed by atoms with E-state index in [2.05, 4.69) is 56.2 Å². The fourth-order valence-corrected chi connectivity index (χ4v) is 2.96. The Bertz CT molecular complexity index is 839. The molecule has 0 saturated carbocycles. The molecule has 0 spiro atoms. The molecule has 1 aromatic carbocycles. The number of methoxy groups -OCH3 is 1. The van der Waals surface area contributed by atoms with Crippen LogP contribution in [0.15, 0.2) is 65.4 Å². The molecular weight excluding hydrogens is 346 g/mol. The van der Waals surface area contributed by atoms with Crippen molar-refractivity contribution in [2.24, 2.45) is 0 Å². The fraction of sp³-hybridized carbons (Fsp3) is 0.417. The van der Waals surface area contributed by atoms with Gasteiger partial charge in [0, 0.05) is 5.56 Å². The van der Waals surface area contributed by atoms with Crippen molar-refractivity contribution < 1.29 is 4.74 Å². The summed E-state index contributed by atoms with van der Waals surface area (Å²) < 4.78 is 7.28. The third kappa shape index (κ3) is 7.18. The van der Waals surface area contributed by atoms with Crippen LogP contribution in [0, 0.1) is 0 Å². The Morgan fingerprint density at radius 2 is 1.64 bits per heavy atom. The second-order valence-electron chi connectivity index (χ2n) is 7.49. The molecule has 0 radical (unpaired) electrons. The van der Waals surface area contributed by atoms with Gasteiger partial charge in [0.2, 0.25) is 0 Å². The van der Waals surface area contributed by atoms with Crippen molar-refractivity contribution in [3.05, 3.63) is 65.4 Å². The zero-order chi connectivity index (χ0) is 20.4. The molecule has 1 aromatic heterocycles. The number of hydrogen-bond acceptors (Lipinski definition) is 3. The van der Waals surface area contributed by atoms with Gasteiger partial charge in [-0.15, -0.1) is 5.10 Å². The standard InChI is InChI=1S/C24H33N3O/c1-19(2)10-8-11-20(3)12-9-13-21(4)16-17-27-18-23(25-26-27)22-14-6-7-15-24(22)28-5/h6-7,10,12,14-16,18H,8-9,11,13,17H2,1-5H3/b20-12+,21-16+. The molecule has 0 aliphatic carbocycles. The number of benzene rings is 1. The summed E-state index contributed by atoms with van der Waals surface area (Å²) in [5.41, 5.74) is 6.04. The molecule has 0 amide bonds. The Morgan fingerprint density at radius 1 is 0.964 bits per heavy atom. The highest BCUT2D eigenvalue weighted by Crippen LogP contribution is 2.27. The van der Waals surface area contributed by atoms with Crippen molar-refractivity contribution in [1.29, 1.82) is 0 Å². The van der Waals surface area contributed by atoms with E-state index in [0.29, 0.717) is 0 Å². The minimum Gasteiger partial charge on any atom is -0.496 e. The van der Waals surface area contributed by atoms with Crippen molar-refractivity contribution in [3.8, 4) is 17.0 Å². The first-order valence-electron chi connectivity index (χ1n) is 9.97. The lowest BCUT2D eigenvalue weighted by Gasteiger charge is -2.04. The van der Waals surface area contributed by atoms with Gasteiger partial charge in [-0.1, -0.05) is 52.3 Å². The van der Waals surface area contributed by atoms with Crippen LogP contribution in [0.25, 0.3) is 11.3 Å². The number of aromatic nitrogens is 3. The first-order chi connectivity index (χ1) is 13.5. The van der Waals surface area contributed by atoms with E-state index in [1.807, 2.05) is 35.1 Å². The lowest BCUT2D eigenvalue weighted by molar-refractivity contribution is 0.416. The summed E-state index contributed by atoms with van der Waals surface area (Å²) >= 11 is 0. The van der Waals surface area contributed by atoms with Gasteiger partial charge >= 0.3 is 0 Å². The molecule has 0 saturated heterocycles. The van der Waals surface area contributed by atoms with Crippen LogP contribution in [-0.4, -0.2) is 22.1 Å². The highest BCUT2D eigenvalue weighted by molar-refractivity contribution is 5.65. The quantitative estimate of drug-likeness (QED) is 0.450. The molecule has 0 fully saturated rings. The van der Waals surface area contributed by atoms with E-state index in [1.54, 1.807) is 7.11 Å². The van der Waals surface area contributed by atoms with Crippen molar-refractivity contribution in [2.75, 3.05) is 7.11 Å². The summed E-state index contributed by atoms with van der Waals surface area (Å²) in [4.78, 5) is 0. The molecule has 0 bridgehead atoms. The second kappa shape index (κ2) is 11.3. The van der Waals surface area contributed by atoms with Gasteiger partial charge in [-0.05, 0) is 65.5 Å². The van der Waals surface area contributed by atoms with Gasteiger partial charge in [-0.25, -0.2) is 4.68 Å². The summed E-state index contributed by atoms with van der Waals surface area (Å²) in [6.07, 6.45) is 13.3. The van der Waals surface area contributed by atoms with E-state index in [4.69, 9.17) is 4.74 Å². The SMILES string of the molecule is COc1ccccc1-c1cn(C/C=C(\C)CC/C=C(\C)CCC=C(C)C)nn1. The minimum atomic E-state index is 0.733. The molecule has 4 heteroatoms. The van der Waals surface area contributed by atoms with E-state index in [-0.39, 0.29) is 0 Å². The molecule has 150 valence electrons. The van der Waals surface area contributed by atoms with E-state index in [9.17, 15) is 0 Å². The summed E-state index contributed by atoms with van der Waals surface area (Å²) in [5.74, 6) is 0.813. The average Bonchev–Trinajstić information content (AvgIpc) is 3.15. The highest BCUT2D eigenvalue weighted by atomic mass is 16.5. The van der Waals surface area contributed by atoms with Gasteiger partial charge in [-0.2, -0.15) is 0 Å². The topological polar surface area (TPSA) is 39.9 Å². The molecule has 0 N–H and O–H groups in total. The minimum absolute atomic E-state index is 0.733. The van der Waals surface area contributed by atoms with Crippen LogP contribution in [0.1, 0.15) is 53.4 Å². The smallest absolute Gasteiger partial charge is 0.128 e. The number of ether oxygens (including phenoxy) is 1. The van der Waals surface area contributed by atoms with Gasteiger partial charge < -0.3 is 4.74 Å². The van der Waals surface area contributed by atoms with E-state index < -0.39 is 0 Å². The summed E-state index contributed by atoms with van der Waals surface area (Å²) in [6, 6.07) is 7.88. The van der Waals surface area contributed by atoms with Gasteiger partial charge in [0.05, 0.1) is 19.9 Å². The molecule has 2 rings (SSSR count). The molecule has 1 heterocycles. The predicted molar refractivity (Wildman–Crippen MR) is 117 cm³/mol. The maximum Gasteiger partial charge on any atom is 0.128 e. The lowest BCUT2D eigenvalue weighted by atomic mass is 10.1. The van der Waals surface area contributed by atoms with Crippen LogP contribution >= 0.6 is 0 Å². The van der Waals surface area contributed by atoms with Gasteiger partial charge in [-0.3, -0.25) is 0 Å². The molecular formula is C24H33N3O. The van der Waals surface area contributed by atoms with Crippen LogP contribution in [0.4, 0.5) is 0 Å². The molecule has 0 unspecified atom stereocenters. The third-order valence-corrected chi connectivity index (χ3v) is 4.67. The number of nitrogens with zero attached hydrogens (tertiary/aromatic N) is 3. The Labute approximate surface area is 169 Å². The summed E-state index contributed by atoms with van der Waals surface area (Å²) in [5, 5.41) is 8.53. The second-order valence-corrected chi connectivity index (χ2v) is 7.49. The van der Waals surface area contributed by atoms with Gasteiger partial charge in [0.1, 0.15) is 11.4 Å². The zero-order valence-corrected chi connectivity index (χ0v) is 17.9. The average molecular weight is 380 g/mol. The van der Waals surface area contributed by atoms with Crippen molar-refractivity contribution in [3.63, 3.8) is 0 Å². The Kier molecular flexibility index (Phi) is 8.73. The third-order valence-electron chi connectivity index (χ3n) is 4.67. The van der Waals surface area contributed by atoms with Crippen LogP contribution in [0.2, 0.25) is 0 Å². The molecule has 0 atom stereocenters. The maximum absolute atomic E-state index is 5.41. The molecule has 4 nitrogen and oxygen atoms in total. The van der Waals surface area contributed by atoms with Gasteiger partial charge in [0.15, 0.2) is 0 Å². The molecule has 0 aliphatic rings. The first kappa shape index (κ1) is 21.7. The van der Waals surface area contributed by atoms with Crippen molar-refractivity contribution >= 4 is 0 Å². The molecule has 28 heavy (non-hydrogen) atoms. The summed E-state index contributed by atoms with van der Waals surface area (Å²) in [6.45, 7) is 9.46. The van der Waals surface area contributed by atoms with Crippen molar-refractivity contribution in [2.45, 2.75) is 59.9 Å².